The summed E-state index contributed by atoms with van der Waals surface area (Å²) >= 11 is 0. The molecule has 8 nitrogen and oxygen atoms in total. The number of carbonyl (C=O) groups is 2. The molecule has 3 aliphatic heterocycles. The highest BCUT2D eigenvalue weighted by Gasteiger charge is 2.49. The van der Waals surface area contributed by atoms with E-state index in [1.807, 2.05) is 47.4 Å². The van der Waals surface area contributed by atoms with Crippen molar-refractivity contribution in [3.8, 4) is 11.3 Å². The van der Waals surface area contributed by atoms with Gasteiger partial charge in [-0.2, -0.15) is 0 Å². The van der Waals surface area contributed by atoms with Crippen LogP contribution in [0.3, 0.4) is 0 Å². The zero-order valence-corrected chi connectivity index (χ0v) is 17.4. The molecule has 0 radical (unpaired) electrons. The third kappa shape index (κ3) is 4.25. The summed E-state index contributed by atoms with van der Waals surface area (Å²) in [6.45, 7) is 1.52. The largest absolute Gasteiger partial charge is 0.483 e. The molecule has 0 spiro atoms. The van der Waals surface area contributed by atoms with Crippen LogP contribution in [0.4, 0.5) is 5.82 Å². The van der Waals surface area contributed by atoms with Crippen LogP contribution < -0.4 is 4.90 Å². The standard InChI is InChI=1S/C22H26N4O2.CH2O2/c27-14-20-17-11-16(19-7-4-8-22(28)26(19)20)12-25(13-17)21-10-9-18(23-24-21)15-5-2-1-3-6-15;2-1-3/h1-3,5-6,9-10,16-17,19-20,27H,4,7-8,11-14H2;1H,(H,2,3)/t16-,17+,19+,20+;/m1./s1. The molecule has 1 amide bonds. The normalized spacial score (nSPS) is 27.1. The smallest absolute Gasteiger partial charge is 0.290 e. The second kappa shape index (κ2) is 9.43. The number of rotatable bonds is 3. The number of hydrogen-bond donors (Lipinski definition) is 2. The number of aliphatic hydroxyl groups excluding tert-OH is 1. The quantitative estimate of drug-likeness (QED) is 0.726. The van der Waals surface area contributed by atoms with Gasteiger partial charge in [-0.25, -0.2) is 0 Å². The average molecular weight is 425 g/mol. The van der Waals surface area contributed by atoms with E-state index in [-0.39, 0.29) is 37.0 Å². The van der Waals surface area contributed by atoms with Crippen molar-refractivity contribution >= 4 is 18.2 Å². The molecule has 3 aliphatic rings. The van der Waals surface area contributed by atoms with E-state index >= 15 is 0 Å². The van der Waals surface area contributed by atoms with E-state index in [9.17, 15) is 9.90 Å². The molecule has 0 unspecified atom stereocenters. The van der Waals surface area contributed by atoms with E-state index in [1.54, 1.807) is 0 Å². The van der Waals surface area contributed by atoms with E-state index in [1.165, 1.54) is 0 Å². The van der Waals surface area contributed by atoms with E-state index in [0.717, 1.165) is 49.4 Å². The lowest BCUT2D eigenvalue weighted by molar-refractivity contribution is -0.150. The fraction of sp³-hybridized carbons (Fsp3) is 0.478. The lowest BCUT2D eigenvalue weighted by atomic mass is 9.72. The van der Waals surface area contributed by atoms with Crippen LogP contribution in [0, 0.1) is 11.8 Å². The number of amides is 1. The maximum absolute atomic E-state index is 12.5. The third-order valence-corrected chi connectivity index (χ3v) is 6.73. The molecule has 8 heteroatoms. The van der Waals surface area contributed by atoms with Gasteiger partial charge < -0.3 is 20.0 Å². The van der Waals surface area contributed by atoms with Gasteiger partial charge in [0, 0.05) is 31.1 Å². The number of anilines is 1. The first-order valence-electron chi connectivity index (χ1n) is 10.8. The van der Waals surface area contributed by atoms with Crippen molar-refractivity contribution in [2.24, 2.45) is 11.8 Å². The summed E-state index contributed by atoms with van der Waals surface area (Å²) in [4.78, 5) is 25.2. The molecular weight excluding hydrogens is 396 g/mol. The van der Waals surface area contributed by atoms with Crippen LogP contribution in [0.15, 0.2) is 42.5 Å². The van der Waals surface area contributed by atoms with Crippen molar-refractivity contribution in [1.29, 1.82) is 0 Å². The van der Waals surface area contributed by atoms with E-state index in [4.69, 9.17) is 9.90 Å². The predicted molar refractivity (Wildman–Crippen MR) is 115 cm³/mol. The Morgan fingerprint density at radius 2 is 1.81 bits per heavy atom. The van der Waals surface area contributed by atoms with Crippen molar-refractivity contribution in [1.82, 2.24) is 15.1 Å². The van der Waals surface area contributed by atoms with Crippen LogP contribution in [-0.2, 0) is 9.59 Å². The van der Waals surface area contributed by atoms with Gasteiger partial charge in [0.1, 0.15) is 0 Å². The monoisotopic (exact) mass is 424 g/mol. The first-order valence-corrected chi connectivity index (χ1v) is 10.8. The first-order chi connectivity index (χ1) is 15.2. The minimum atomic E-state index is -0.250. The zero-order chi connectivity index (χ0) is 21.8. The lowest BCUT2D eigenvalue weighted by Crippen LogP contribution is -2.66. The fourth-order valence-electron chi connectivity index (χ4n) is 5.45. The van der Waals surface area contributed by atoms with E-state index in [2.05, 4.69) is 15.1 Å². The van der Waals surface area contributed by atoms with Crippen LogP contribution in [0.5, 0.6) is 0 Å². The highest BCUT2D eigenvalue weighted by Crippen LogP contribution is 2.42. The van der Waals surface area contributed by atoms with Gasteiger partial charge in [0.2, 0.25) is 5.91 Å². The van der Waals surface area contributed by atoms with Gasteiger partial charge >= 0.3 is 0 Å². The molecule has 1 aromatic carbocycles. The minimum absolute atomic E-state index is 0.0477. The molecule has 5 rings (SSSR count). The number of hydrogen-bond acceptors (Lipinski definition) is 6. The van der Waals surface area contributed by atoms with Gasteiger partial charge in [0.15, 0.2) is 5.82 Å². The molecule has 4 heterocycles. The number of aliphatic hydroxyl groups is 1. The maximum Gasteiger partial charge on any atom is 0.290 e. The van der Waals surface area contributed by atoms with Gasteiger partial charge in [-0.3, -0.25) is 9.59 Å². The minimum Gasteiger partial charge on any atom is -0.483 e. The number of carbonyl (C=O) groups excluding carboxylic acids is 1. The van der Waals surface area contributed by atoms with Crippen LogP contribution in [0.2, 0.25) is 0 Å². The summed E-state index contributed by atoms with van der Waals surface area (Å²) < 4.78 is 0. The first kappa shape index (κ1) is 21.2. The Morgan fingerprint density at radius 1 is 1.06 bits per heavy atom. The zero-order valence-electron chi connectivity index (χ0n) is 17.4. The molecule has 0 aliphatic carbocycles. The Hall–Kier alpha value is -3.00. The number of fused-ring (bicyclic) bond motifs is 4. The van der Waals surface area contributed by atoms with Gasteiger partial charge in [0.25, 0.3) is 6.47 Å². The molecule has 3 fully saturated rings. The maximum atomic E-state index is 12.5. The predicted octanol–water partition coefficient (Wildman–Crippen LogP) is 2.04. The SMILES string of the molecule is O=C1CCC[C@H]2[C@@H]3C[C@@H](CN(c4ccc(-c5ccccc5)nn4)C3)[C@H](CO)N12.O=CO. The molecule has 2 aromatic rings. The number of piperidine rings is 3. The molecule has 2 N–H and O–H groups in total. The average Bonchev–Trinajstić information content (AvgIpc) is 2.81. The highest BCUT2D eigenvalue weighted by atomic mass is 16.3. The van der Waals surface area contributed by atoms with Crippen molar-refractivity contribution in [3.63, 3.8) is 0 Å². The Morgan fingerprint density at radius 3 is 2.48 bits per heavy atom. The molecular formula is C23H28N4O4. The number of carboxylic acid groups (broad SMARTS) is 1. The van der Waals surface area contributed by atoms with Gasteiger partial charge in [0.05, 0.1) is 18.3 Å². The fourth-order valence-corrected chi connectivity index (χ4v) is 5.45. The topological polar surface area (TPSA) is 107 Å². The van der Waals surface area contributed by atoms with Crippen molar-refractivity contribution in [2.75, 3.05) is 24.6 Å². The Kier molecular flexibility index (Phi) is 6.46. The summed E-state index contributed by atoms with van der Waals surface area (Å²) in [7, 11) is 0. The molecule has 3 saturated heterocycles. The summed E-state index contributed by atoms with van der Waals surface area (Å²) in [5.41, 5.74) is 1.94. The van der Waals surface area contributed by atoms with Gasteiger partial charge in [-0.15, -0.1) is 10.2 Å². The molecule has 0 saturated carbocycles. The van der Waals surface area contributed by atoms with E-state index in [0.29, 0.717) is 12.3 Å². The summed E-state index contributed by atoms with van der Waals surface area (Å²) in [5, 5.41) is 25.9. The Labute approximate surface area is 181 Å². The number of nitrogens with zero attached hydrogens (tertiary/aromatic N) is 4. The van der Waals surface area contributed by atoms with Crippen LogP contribution in [-0.4, -0.2) is 69.5 Å². The highest BCUT2D eigenvalue weighted by molar-refractivity contribution is 5.78. The Balaban J connectivity index is 0.000000730. The van der Waals surface area contributed by atoms with Crippen LogP contribution in [0.1, 0.15) is 25.7 Å². The second-order valence-corrected chi connectivity index (χ2v) is 8.42. The lowest BCUT2D eigenvalue weighted by Gasteiger charge is -2.56. The summed E-state index contributed by atoms with van der Waals surface area (Å²) in [6, 6.07) is 14.4. The third-order valence-electron chi connectivity index (χ3n) is 6.73. The van der Waals surface area contributed by atoms with Gasteiger partial charge in [-0.1, -0.05) is 30.3 Å². The molecule has 4 atom stereocenters. The second-order valence-electron chi connectivity index (χ2n) is 8.42. The molecule has 164 valence electrons. The summed E-state index contributed by atoms with van der Waals surface area (Å²) in [6.07, 6.45) is 3.73. The van der Waals surface area contributed by atoms with Crippen LogP contribution >= 0.6 is 0 Å². The molecule has 31 heavy (non-hydrogen) atoms. The van der Waals surface area contributed by atoms with Crippen molar-refractivity contribution in [3.05, 3.63) is 42.5 Å². The van der Waals surface area contributed by atoms with E-state index < -0.39 is 0 Å². The van der Waals surface area contributed by atoms with Crippen molar-refractivity contribution in [2.45, 2.75) is 37.8 Å². The van der Waals surface area contributed by atoms with Crippen molar-refractivity contribution < 1.29 is 19.8 Å². The molecule has 1 aromatic heterocycles. The number of aromatic nitrogens is 2. The summed E-state index contributed by atoms with van der Waals surface area (Å²) in [5.74, 6) is 1.85. The number of benzene rings is 1. The molecule has 2 bridgehead atoms. The van der Waals surface area contributed by atoms with Gasteiger partial charge in [-0.05, 0) is 43.2 Å². The Bertz CT molecular complexity index is 878. The van der Waals surface area contributed by atoms with Crippen LogP contribution in [0.25, 0.3) is 11.3 Å².